The van der Waals surface area contributed by atoms with E-state index in [2.05, 4.69) is 26.6 Å². The van der Waals surface area contributed by atoms with Crippen molar-refractivity contribution in [2.45, 2.75) is 20.1 Å². The zero-order valence-corrected chi connectivity index (χ0v) is 16.7. The first kappa shape index (κ1) is 20.7. The molecule has 2 rings (SSSR count). The van der Waals surface area contributed by atoms with Crippen LogP contribution >= 0.6 is 15.9 Å². The Hall–Kier alpha value is -1.60. The summed E-state index contributed by atoms with van der Waals surface area (Å²) >= 11 is 3.63. The third-order valence-electron chi connectivity index (χ3n) is 3.73. The number of hydrogen-bond donors (Lipinski definition) is 3. The first-order chi connectivity index (χ1) is 12.7. The molecule has 0 aromatic heterocycles. The van der Waals surface area contributed by atoms with Gasteiger partial charge in [-0.15, -0.1) is 0 Å². The van der Waals surface area contributed by atoms with E-state index in [1.807, 2.05) is 49.4 Å². The minimum atomic E-state index is 0.160. The van der Waals surface area contributed by atoms with Crippen LogP contribution in [0, 0.1) is 0 Å². The largest absolute Gasteiger partial charge is 0.490 e. The lowest BCUT2D eigenvalue weighted by Gasteiger charge is -2.15. The molecule has 2 aromatic rings. The molecule has 0 aliphatic heterocycles. The highest BCUT2D eigenvalue weighted by Crippen LogP contribution is 2.34. The Morgan fingerprint density at radius 3 is 2.42 bits per heavy atom. The SMILES string of the molecule is CCOc1cc(CNCCNCCO)c(Br)cc1OCc1ccccc1. The summed E-state index contributed by atoms with van der Waals surface area (Å²) < 4.78 is 12.7. The van der Waals surface area contributed by atoms with E-state index in [0.717, 1.165) is 46.7 Å². The fourth-order valence-corrected chi connectivity index (χ4v) is 2.90. The molecule has 0 heterocycles. The van der Waals surface area contributed by atoms with Crippen molar-refractivity contribution < 1.29 is 14.6 Å². The number of ether oxygens (including phenoxy) is 2. The smallest absolute Gasteiger partial charge is 0.162 e. The van der Waals surface area contributed by atoms with Crippen molar-refractivity contribution in [3.8, 4) is 11.5 Å². The standard InChI is InChI=1S/C20H27BrN2O3/c1-2-25-19-12-17(14-23-9-8-22-10-11-24)18(21)13-20(19)26-15-16-6-4-3-5-7-16/h3-7,12-13,22-24H,2,8-11,14-15H2,1H3. The van der Waals surface area contributed by atoms with E-state index in [1.165, 1.54) is 0 Å². The summed E-state index contributed by atoms with van der Waals surface area (Å²) in [6.45, 7) is 6.19. The number of benzene rings is 2. The fraction of sp³-hybridized carbons (Fsp3) is 0.400. The summed E-state index contributed by atoms with van der Waals surface area (Å²) in [4.78, 5) is 0. The third kappa shape index (κ3) is 6.96. The summed E-state index contributed by atoms with van der Waals surface area (Å²) in [6, 6.07) is 14.1. The number of aliphatic hydroxyl groups excluding tert-OH is 1. The molecule has 26 heavy (non-hydrogen) atoms. The summed E-state index contributed by atoms with van der Waals surface area (Å²) in [7, 11) is 0. The van der Waals surface area contributed by atoms with E-state index in [-0.39, 0.29) is 6.61 Å². The van der Waals surface area contributed by atoms with E-state index in [1.54, 1.807) is 0 Å². The Morgan fingerprint density at radius 2 is 1.69 bits per heavy atom. The monoisotopic (exact) mass is 422 g/mol. The highest BCUT2D eigenvalue weighted by molar-refractivity contribution is 9.10. The zero-order valence-electron chi connectivity index (χ0n) is 15.1. The molecule has 0 atom stereocenters. The number of nitrogens with one attached hydrogen (secondary N) is 2. The summed E-state index contributed by atoms with van der Waals surface area (Å²) in [6.07, 6.45) is 0. The number of halogens is 1. The van der Waals surface area contributed by atoms with Crippen LogP contribution in [-0.2, 0) is 13.2 Å². The second-order valence-electron chi connectivity index (χ2n) is 5.75. The van der Waals surface area contributed by atoms with Gasteiger partial charge in [0.25, 0.3) is 0 Å². The molecule has 0 bridgehead atoms. The van der Waals surface area contributed by atoms with E-state index in [9.17, 15) is 0 Å². The Labute approximate surface area is 163 Å². The molecule has 0 aliphatic rings. The normalized spacial score (nSPS) is 10.7. The van der Waals surface area contributed by atoms with Gasteiger partial charge in [-0.25, -0.2) is 0 Å². The van der Waals surface area contributed by atoms with E-state index in [0.29, 0.717) is 19.8 Å². The molecule has 0 radical (unpaired) electrons. The maximum Gasteiger partial charge on any atom is 0.162 e. The van der Waals surface area contributed by atoms with Gasteiger partial charge < -0.3 is 25.2 Å². The van der Waals surface area contributed by atoms with Gasteiger partial charge in [0, 0.05) is 30.7 Å². The van der Waals surface area contributed by atoms with Gasteiger partial charge in [-0.1, -0.05) is 46.3 Å². The molecule has 0 unspecified atom stereocenters. The molecule has 0 saturated carbocycles. The van der Waals surface area contributed by atoms with Crippen molar-refractivity contribution >= 4 is 15.9 Å². The predicted molar refractivity (Wildman–Crippen MR) is 108 cm³/mol. The van der Waals surface area contributed by atoms with Gasteiger partial charge in [-0.05, 0) is 30.2 Å². The van der Waals surface area contributed by atoms with Crippen LogP contribution in [0.5, 0.6) is 11.5 Å². The molecule has 2 aromatic carbocycles. The van der Waals surface area contributed by atoms with Crippen molar-refractivity contribution in [1.29, 1.82) is 0 Å². The first-order valence-electron chi connectivity index (χ1n) is 8.88. The molecular weight excluding hydrogens is 396 g/mol. The molecule has 6 heteroatoms. The molecule has 0 saturated heterocycles. The molecule has 0 spiro atoms. The molecule has 142 valence electrons. The second kappa shape index (κ2) is 11.9. The van der Waals surface area contributed by atoms with Crippen molar-refractivity contribution in [1.82, 2.24) is 10.6 Å². The Morgan fingerprint density at radius 1 is 0.962 bits per heavy atom. The lowest BCUT2D eigenvalue weighted by Crippen LogP contribution is -2.28. The van der Waals surface area contributed by atoms with Crippen LogP contribution in [0.25, 0.3) is 0 Å². The molecule has 0 fully saturated rings. The molecule has 0 aliphatic carbocycles. The van der Waals surface area contributed by atoms with Crippen molar-refractivity contribution in [2.24, 2.45) is 0 Å². The minimum Gasteiger partial charge on any atom is -0.490 e. The van der Waals surface area contributed by atoms with E-state index < -0.39 is 0 Å². The van der Waals surface area contributed by atoms with Crippen LogP contribution in [0.1, 0.15) is 18.1 Å². The summed E-state index contributed by atoms with van der Waals surface area (Å²) in [5.74, 6) is 1.48. The average molecular weight is 423 g/mol. The minimum absolute atomic E-state index is 0.160. The molecule has 5 nitrogen and oxygen atoms in total. The zero-order chi connectivity index (χ0) is 18.6. The molecule has 0 amide bonds. The van der Waals surface area contributed by atoms with E-state index in [4.69, 9.17) is 14.6 Å². The van der Waals surface area contributed by atoms with Gasteiger partial charge >= 0.3 is 0 Å². The number of aliphatic hydroxyl groups is 1. The van der Waals surface area contributed by atoms with Crippen LogP contribution in [-0.4, -0.2) is 38.0 Å². The van der Waals surface area contributed by atoms with Crippen LogP contribution in [0.15, 0.2) is 46.9 Å². The van der Waals surface area contributed by atoms with Gasteiger partial charge in [-0.2, -0.15) is 0 Å². The van der Waals surface area contributed by atoms with Crippen LogP contribution in [0.2, 0.25) is 0 Å². The van der Waals surface area contributed by atoms with Gasteiger partial charge in [0.05, 0.1) is 13.2 Å². The molecular formula is C20H27BrN2O3. The van der Waals surface area contributed by atoms with Crippen molar-refractivity contribution in [2.75, 3.05) is 32.8 Å². The lowest BCUT2D eigenvalue weighted by molar-refractivity contribution is 0.269. The average Bonchev–Trinajstić information content (AvgIpc) is 2.66. The second-order valence-corrected chi connectivity index (χ2v) is 6.60. The van der Waals surface area contributed by atoms with Gasteiger partial charge in [0.1, 0.15) is 6.61 Å². The van der Waals surface area contributed by atoms with E-state index >= 15 is 0 Å². The quantitative estimate of drug-likeness (QED) is 0.458. The summed E-state index contributed by atoms with van der Waals surface area (Å²) in [5, 5.41) is 15.3. The Balaban J connectivity index is 1.97. The molecule has 3 N–H and O–H groups in total. The van der Waals surface area contributed by atoms with Crippen LogP contribution in [0.3, 0.4) is 0 Å². The third-order valence-corrected chi connectivity index (χ3v) is 4.47. The van der Waals surface area contributed by atoms with Crippen LogP contribution in [0.4, 0.5) is 0 Å². The highest BCUT2D eigenvalue weighted by Gasteiger charge is 2.11. The summed E-state index contributed by atoms with van der Waals surface area (Å²) in [5.41, 5.74) is 2.23. The predicted octanol–water partition coefficient (Wildman–Crippen LogP) is 3.10. The van der Waals surface area contributed by atoms with Gasteiger partial charge in [0.15, 0.2) is 11.5 Å². The van der Waals surface area contributed by atoms with Crippen molar-refractivity contribution in [3.63, 3.8) is 0 Å². The maximum absolute atomic E-state index is 8.75. The van der Waals surface area contributed by atoms with Gasteiger partial charge in [0.2, 0.25) is 0 Å². The topological polar surface area (TPSA) is 62.8 Å². The Bertz CT molecular complexity index is 653. The number of rotatable bonds is 12. The first-order valence-corrected chi connectivity index (χ1v) is 9.68. The highest BCUT2D eigenvalue weighted by atomic mass is 79.9. The maximum atomic E-state index is 8.75. The number of hydrogen-bond acceptors (Lipinski definition) is 5. The Kier molecular flexibility index (Phi) is 9.48. The lowest BCUT2D eigenvalue weighted by atomic mass is 10.2. The van der Waals surface area contributed by atoms with Gasteiger partial charge in [-0.3, -0.25) is 0 Å². The fourth-order valence-electron chi connectivity index (χ4n) is 2.43. The van der Waals surface area contributed by atoms with Crippen LogP contribution < -0.4 is 20.1 Å². The van der Waals surface area contributed by atoms with Crippen molar-refractivity contribution in [3.05, 3.63) is 58.1 Å².